The van der Waals surface area contributed by atoms with Gasteiger partial charge in [-0.05, 0) is 12.3 Å². The second kappa shape index (κ2) is 14.6. The van der Waals surface area contributed by atoms with Gasteiger partial charge in [0.1, 0.15) is 0 Å². The number of rotatable bonds is 17. The Labute approximate surface area is 157 Å². The highest BCUT2D eigenvalue weighted by molar-refractivity contribution is 7.38. The van der Waals surface area contributed by atoms with Gasteiger partial charge in [-0.3, -0.25) is 4.84 Å². The molecular weight excluding hydrogens is 360 g/mol. The van der Waals surface area contributed by atoms with E-state index in [4.69, 9.17) is 23.8 Å². The Balaban J connectivity index is 5.65. The predicted molar refractivity (Wildman–Crippen MR) is 109 cm³/mol. The lowest BCUT2D eigenvalue weighted by Crippen LogP contribution is -2.64. The highest BCUT2D eigenvalue weighted by Crippen LogP contribution is 2.38. The minimum Gasteiger partial charge on any atom is -0.350 e. The molecule has 0 aromatic rings. The van der Waals surface area contributed by atoms with Crippen LogP contribution in [0.4, 0.5) is 0 Å². The third kappa shape index (κ3) is 7.63. The van der Waals surface area contributed by atoms with E-state index in [1.54, 1.807) is 28.4 Å². The van der Waals surface area contributed by atoms with Gasteiger partial charge in [-0.1, -0.05) is 33.6 Å². The maximum Gasteiger partial charge on any atom is 0.205 e. The molecule has 152 valence electrons. The van der Waals surface area contributed by atoms with Crippen molar-refractivity contribution < 1.29 is 23.8 Å². The standard InChI is InChI=1S/C17H39NO5P2/c1-8-11-24-13-16(19-4,20-5)15(23-18-10-3)17(21-6,22-7)14-25-12-9-2/h15,18,24-25H,8-14H2,1-7H3. The van der Waals surface area contributed by atoms with E-state index in [1.807, 2.05) is 6.92 Å². The van der Waals surface area contributed by atoms with E-state index in [9.17, 15) is 0 Å². The highest BCUT2D eigenvalue weighted by atomic mass is 31.1. The van der Waals surface area contributed by atoms with E-state index in [0.717, 1.165) is 37.5 Å². The van der Waals surface area contributed by atoms with Crippen molar-refractivity contribution in [2.75, 3.05) is 59.6 Å². The molecule has 0 radical (unpaired) electrons. The largest absolute Gasteiger partial charge is 0.350 e. The molecule has 25 heavy (non-hydrogen) atoms. The van der Waals surface area contributed by atoms with Gasteiger partial charge in [0.15, 0.2) is 6.10 Å². The molecule has 2 atom stereocenters. The average Bonchev–Trinajstić information content (AvgIpc) is 2.65. The van der Waals surface area contributed by atoms with Crippen molar-refractivity contribution in [1.29, 1.82) is 0 Å². The van der Waals surface area contributed by atoms with Crippen LogP contribution in [-0.2, 0) is 23.8 Å². The molecule has 0 saturated heterocycles. The molecule has 1 N–H and O–H groups in total. The molecular formula is C17H39NO5P2. The first-order valence-electron chi connectivity index (χ1n) is 9.06. The topological polar surface area (TPSA) is 58.2 Å². The first kappa shape index (κ1) is 25.6. The molecule has 0 bridgehead atoms. The van der Waals surface area contributed by atoms with Crippen molar-refractivity contribution in [2.24, 2.45) is 0 Å². The summed E-state index contributed by atoms with van der Waals surface area (Å²) in [6.45, 7) is 7.01. The van der Waals surface area contributed by atoms with Crippen LogP contribution >= 0.6 is 17.2 Å². The molecule has 2 unspecified atom stereocenters. The van der Waals surface area contributed by atoms with Crippen molar-refractivity contribution in [3.8, 4) is 0 Å². The number of hydroxylamine groups is 1. The number of hydrogen-bond acceptors (Lipinski definition) is 6. The van der Waals surface area contributed by atoms with Crippen molar-refractivity contribution in [1.82, 2.24) is 5.48 Å². The Morgan fingerprint density at radius 3 is 1.44 bits per heavy atom. The Morgan fingerprint density at radius 2 is 1.16 bits per heavy atom. The fraction of sp³-hybridized carbons (Fsp3) is 1.00. The molecule has 0 heterocycles. The number of ether oxygens (including phenoxy) is 4. The van der Waals surface area contributed by atoms with Crippen LogP contribution in [-0.4, -0.2) is 77.3 Å². The van der Waals surface area contributed by atoms with Crippen molar-refractivity contribution in [3.63, 3.8) is 0 Å². The van der Waals surface area contributed by atoms with Crippen LogP contribution in [0.3, 0.4) is 0 Å². The summed E-state index contributed by atoms with van der Waals surface area (Å²) in [6, 6.07) is 0. The second-order valence-electron chi connectivity index (χ2n) is 5.79. The molecule has 0 rings (SSSR count). The van der Waals surface area contributed by atoms with E-state index < -0.39 is 17.7 Å². The molecule has 0 aliphatic rings. The Bertz CT molecular complexity index is 289. The summed E-state index contributed by atoms with van der Waals surface area (Å²) in [7, 11) is 8.06. The molecule has 0 spiro atoms. The van der Waals surface area contributed by atoms with Gasteiger partial charge >= 0.3 is 0 Å². The van der Waals surface area contributed by atoms with Gasteiger partial charge in [-0.15, -0.1) is 17.2 Å². The third-order valence-electron chi connectivity index (χ3n) is 4.12. The van der Waals surface area contributed by atoms with E-state index in [2.05, 4.69) is 19.3 Å². The molecule has 0 aliphatic carbocycles. The molecule has 0 aliphatic heterocycles. The summed E-state index contributed by atoms with van der Waals surface area (Å²) in [4.78, 5) is 6.01. The summed E-state index contributed by atoms with van der Waals surface area (Å²) >= 11 is 0. The Morgan fingerprint density at radius 1 is 0.760 bits per heavy atom. The molecule has 0 aromatic heterocycles. The monoisotopic (exact) mass is 399 g/mol. The lowest BCUT2D eigenvalue weighted by Gasteiger charge is -2.46. The van der Waals surface area contributed by atoms with Gasteiger partial charge in [-0.25, -0.2) is 5.48 Å². The van der Waals surface area contributed by atoms with Crippen LogP contribution in [0.25, 0.3) is 0 Å². The number of methoxy groups -OCH3 is 4. The normalized spacial score (nSPS) is 15.0. The zero-order chi connectivity index (χ0) is 19.2. The van der Waals surface area contributed by atoms with Gasteiger partial charge in [0.05, 0.1) is 0 Å². The van der Waals surface area contributed by atoms with Gasteiger partial charge in [0.2, 0.25) is 11.6 Å². The van der Waals surface area contributed by atoms with Gasteiger partial charge in [-0.2, -0.15) is 0 Å². The van der Waals surface area contributed by atoms with Crippen LogP contribution in [0.5, 0.6) is 0 Å². The Kier molecular flexibility index (Phi) is 15.0. The summed E-state index contributed by atoms with van der Waals surface area (Å²) < 4.78 is 23.5. The lowest BCUT2D eigenvalue weighted by atomic mass is 10.0. The van der Waals surface area contributed by atoms with Crippen LogP contribution in [0.2, 0.25) is 0 Å². The number of hydrogen-bond donors (Lipinski definition) is 1. The minimum atomic E-state index is -0.932. The summed E-state index contributed by atoms with van der Waals surface area (Å²) in [5, 5.41) is 0. The van der Waals surface area contributed by atoms with E-state index >= 15 is 0 Å². The molecule has 0 aromatic carbocycles. The smallest absolute Gasteiger partial charge is 0.205 e. The van der Waals surface area contributed by atoms with Crippen molar-refractivity contribution in [2.45, 2.75) is 51.3 Å². The zero-order valence-corrected chi connectivity index (χ0v) is 19.1. The SMILES string of the molecule is CCCPCC(OC)(OC)C(ONCC)C(CPCCC)(OC)OC. The van der Waals surface area contributed by atoms with E-state index in [1.165, 1.54) is 0 Å². The van der Waals surface area contributed by atoms with Crippen molar-refractivity contribution in [3.05, 3.63) is 0 Å². The van der Waals surface area contributed by atoms with Gasteiger partial charge in [0.25, 0.3) is 0 Å². The lowest BCUT2D eigenvalue weighted by molar-refractivity contribution is -0.356. The molecule has 6 nitrogen and oxygen atoms in total. The van der Waals surface area contributed by atoms with Crippen LogP contribution in [0.15, 0.2) is 0 Å². The fourth-order valence-corrected chi connectivity index (χ4v) is 5.33. The maximum absolute atomic E-state index is 6.01. The van der Waals surface area contributed by atoms with Crippen LogP contribution in [0, 0.1) is 0 Å². The van der Waals surface area contributed by atoms with E-state index in [0.29, 0.717) is 23.7 Å². The minimum absolute atomic E-state index is 0.557. The predicted octanol–water partition coefficient (Wildman–Crippen LogP) is 3.05. The summed E-state index contributed by atoms with van der Waals surface area (Å²) in [5.74, 6) is -1.86. The molecule has 0 saturated carbocycles. The molecule has 0 amide bonds. The summed E-state index contributed by atoms with van der Waals surface area (Å²) in [5.41, 5.74) is 2.96. The first-order valence-corrected chi connectivity index (χ1v) is 11.9. The Hall–Kier alpha value is 0.620. The van der Waals surface area contributed by atoms with Crippen LogP contribution < -0.4 is 5.48 Å². The third-order valence-corrected chi connectivity index (χ3v) is 7.32. The quantitative estimate of drug-likeness (QED) is 0.176. The fourth-order valence-electron chi connectivity index (χ4n) is 2.63. The average molecular weight is 399 g/mol. The maximum atomic E-state index is 6.01. The van der Waals surface area contributed by atoms with E-state index in [-0.39, 0.29) is 0 Å². The second-order valence-corrected chi connectivity index (χ2v) is 8.50. The van der Waals surface area contributed by atoms with Crippen molar-refractivity contribution >= 4 is 17.2 Å². The molecule has 0 fully saturated rings. The van der Waals surface area contributed by atoms with Gasteiger partial charge < -0.3 is 18.9 Å². The highest BCUT2D eigenvalue weighted by Gasteiger charge is 2.54. The van der Waals surface area contributed by atoms with Gasteiger partial charge in [0, 0.05) is 47.3 Å². The first-order chi connectivity index (χ1) is 12.1. The number of nitrogens with one attached hydrogen (secondary N) is 1. The van der Waals surface area contributed by atoms with Crippen LogP contribution in [0.1, 0.15) is 33.6 Å². The molecule has 8 heteroatoms. The summed E-state index contributed by atoms with van der Waals surface area (Å²) in [6.07, 6.45) is 5.44. The zero-order valence-electron chi connectivity index (χ0n) is 17.1.